The number of nitrogens with zero attached hydrogens (tertiary/aromatic N) is 1. The van der Waals surface area contributed by atoms with Gasteiger partial charge in [0.25, 0.3) is 5.91 Å². The van der Waals surface area contributed by atoms with Gasteiger partial charge in [-0.05, 0) is 37.3 Å². The lowest BCUT2D eigenvalue weighted by atomic mass is 9.79. The van der Waals surface area contributed by atoms with Crippen LogP contribution >= 0.6 is 0 Å². The molecule has 3 nitrogen and oxygen atoms in total. The molecule has 1 saturated carbocycles. The van der Waals surface area contributed by atoms with Crippen molar-refractivity contribution in [3.8, 4) is 0 Å². The molecule has 0 aromatic heterocycles. The molecule has 2 unspecified atom stereocenters. The van der Waals surface area contributed by atoms with Crippen molar-refractivity contribution < 1.29 is 4.79 Å². The molecule has 0 radical (unpaired) electrons. The van der Waals surface area contributed by atoms with E-state index in [4.69, 9.17) is 0 Å². The van der Waals surface area contributed by atoms with E-state index in [2.05, 4.69) is 12.2 Å². The van der Waals surface area contributed by atoms with Crippen molar-refractivity contribution in [3.05, 3.63) is 29.8 Å². The van der Waals surface area contributed by atoms with Crippen LogP contribution in [0.1, 0.15) is 43.0 Å². The van der Waals surface area contributed by atoms with Crippen LogP contribution in [-0.4, -0.2) is 23.5 Å². The maximum absolute atomic E-state index is 12.5. The van der Waals surface area contributed by atoms with Crippen LogP contribution in [0.15, 0.2) is 24.3 Å². The third-order valence-electron chi connectivity index (χ3n) is 4.44. The highest BCUT2D eigenvalue weighted by atomic mass is 16.2. The predicted molar refractivity (Wildman–Crippen MR) is 72.5 cm³/mol. The molecule has 1 heterocycles. The third kappa shape index (κ3) is 1.61. The Morgan fingerprint density at radius 2 is 2.17 bits per heavy atom. The Balaban J connectivity index is 2.02. The van der Waals surface area contributed by atoms with Crippen molar-refractivity contribution in [2.24, 2.45) is 5.92 Å². The van der Waals surface area contributed by atoms with Crippen LogP contribution in [0.4, 0.5) is 5.69 Å². The smallest absolute Gasteiger partial charge is 0.257 e. The first-order chi connectivity index (χ1) is 8.62. The lowest BCUT2D eigenvalue weighted by Crippen LogP contribution is -2.60. The van der Waals surface area contributed by atoms with E-state index < -0.39 is 0 Å². The van der Waals surface area contributed by atoms with Gasteiger partial charge in [-0.15, -0.1) is 0 Å². The highest BCUT2D eigenvalue weighted by Crippen LogP contribution is 2.41. The minimum absolute atomic E-state index is 0.151. The Kier molecular flexibility index (Phi) is 2.58. The van der Waals surface area contributed by atoms with Crippen LogP contribution in [0.25, 0.3) is 0 Å². The van der Waals surface area contributed by atoms with Crippen molar-refractivity contribution in [2.75, 3.05) is 12.4 Å². The summed E-state index contributed by atoms with van der Waals surface area (Å²) in [5, 5.41) is 3.63. The molecule has 3 rings (SSSR count). The topological polar surface area (TPSA) is 32.3 Å². The molecule has 2 atom stereocenters. The molecule has 3 heteroatoms. The maximum atomic E-state index is 12.5. The van der Waals surface area contributed by atoms with E-state index in [-0.39, 0.29) is 11.6 Å². The fourth-order valence-electron chi connectivity index (χ4n) is 3.43. The highest BCUT2D eigenvalue weighted by molar-refractivity contribution is 6.02. The van der Waals surface area contributed by atoms with Gasteiger partial charge in [-0.1, -0.05) is 25.5 Å². The molecule has 1 amide bonds. The van der Waals surface area contributed by atoms with Gasteiger partial charge >= 0.3 is 0 Å². The van der Waals surface area contributed by atoms with E-state index in [1.54, 1.807) is 0 Å². The molecule has 1 spiro atoms. The largest absolute Gasteiger partial charge is 0.362 e. The molecule has 0 saturated heterocycles. The number of benzene rings is 1. The standard InChI is InChI=1S/C15H20N2O/c1-11-6-5-9-15(10-11)16-13-8-4-3-7-12(13)14(18)17(15)2/h3-4,7-8,11,16H,5-6,9-10H2,1-2H3. The van der Waals surface area contributed by atoms with Crippen LogP contribution in [0.3, 0.4) is 0 Å². The molecule has 96 valence electrons. The van der Waals surface area contributed by atoms with E-state index in [1.807, 2.05) is 36.2 Å². The molecule has 0 bridgehead atoms. The van der Waals surface area contributed by atoms with Gasteiger partial charge in [0.1, 0.15) is 5.66 Å². The van der Waals surface area contributed by atoms with Crippen LogP contribution in [0.2, 0.25) is 0 Å². The zero-order valence-electron chi connectivity index (χ0n) is 11.1. The van der Waals surface area contributed by atoms with Gasteiger partial charge in [-0.3, -0.25) is 4.79 Å². The summed E-state index contributed by atoms with van der Waals surface area (Å²) < 4.78 is 0. The summed E-state index contributed by atoms with van der Waals surface area (Å²) in [6.45, 7) is 2.28. The van der Waals surface area contributed by atoms with Crippen LogP contribution in [0.5, 0.6) is 0 Å². The number of nitrogens with one attached hydrogen (secondary N) is 1. The van der Waals surface area contributed by atoms with Crippen molar-refractivity contribution in [1.29, 1.82) is 0 Å². The maximum Gasteiger partial charge on any atom is 0.257 e. The van der Waals surface area contributed by atoms with E-state index >= 15 is 0 Å². The fraction of sp³-hybridized carbons (Fsp3) is 0.533. The Bertz CT molecular complexity index is 485. The second-order valence-electron chi connectivity index (χ2n) is 5.77. The van der Waals surface area contributed by atoms with Crippen molar-refractivity contribution in [3.63, 3.8) is 0 Å². The number of fused-ring (bicyclic) bond motifs is 1. The number of hydrogen-bond donors (Lipinski definition) is 1. The number of amides is 1. The summed E-state index contributed by atoms with van der Waals surface area (Å²) in [5.74, 6) is 0.824. The van der Waals surface area contributed by atoms with Gasteiger partial charge < -0.3 is 10.2 Å². The Hall–Kier alpha value is -1.51. The van der Waals surface area contributed by atoms with Crippen LogP contribution < -0.4 is 5.32 Å². The fourth-order valence-corrected chi connectivity index (χ4v) is 3.43. The third-order valence-corrected chi connectivity index (χ3v) is 4.44. The van der Waals surface area contributed by atoms with Gasteiger partial charge in [0, 0.05) is 12.7 Å². The Labute approximate surface area is 108 Å². The van der Waals surface area contributed by atoms with Crippen molar-refractivity contribution in [2.45, 2.75) is 38.3 Å². The van der Waals surface area contributed by atoms with E-state index in [0.717, 1.165) is 24.1 Å². The first kappa shape index (κ1) is 11.6. The zero-order chi connectivity index (χ0) is 12.8. The van der Waals surface area contributed by atoms with E-state index in [1.165, 1.54) is 12.8 Å². The van der Waals surface area contributed by atoms with Crippen LogP contribution in [0, 0.1) is 5.92 Å². The normalized spacial score (nSPS) is 31.1. The summed E-state index contributed by atoms with van der Waals surface area (Å²) in [7, 11) is 1.93. The number of carbonyl (C=O) groups excluding carboxylic acids is 1. The molecular formula is C15H20N2O. The molecule has 18 heavy (non-hydrogen) atoms. The molecule has 1 aromatic carbocycles. The van der Waals surface area contributed by atoms with Gasteiger partial charge in [-0.25, -0.2) is 0 Å². The number of hydrogen-bond acceptors (Lipinski definition) is 2. The van der Waals surface area contributed by atoms with Gasteiger partial charge in [0.05, 0.1) is 5.56 Å². The molecule has 1 aromatic rings. The number of rotatable bonds is 0. The number of carbonyl (C=O) groups is 1. The van der Waals surface area contributed by atoms with E-state index in [9.17, 15) is 4.79 Å². The Morgan fingerprint density at radius 3 is 2.94 bits per heavy atom. The molecule has 2 aliphatic rings. The minimum atomic E-state index is -0.164. The van der Waals surface area contributed by atoms with Gasteiger partial charge in [-0.2, -0.15) is 0 Å². The molecule has 1 aliphatic carbocycles. The first-order valence-electron chi connectivity index (χ1n) is 6.78. The lowest BCUT2D eigenvalue weighted by Gasteiger charge is -2.50. The summed E-state index contributed by atoms with van der Waals surface area (Å²) in [6, 6.07) is 7.83. The zero-order valence-corrected chi connectivity index (χ0v) is 11.1. The van der Waals surface area contributed by atoms with Crippen molar-refractivity contribution >= 4 is 11.6 Å². The minimum Gasteiger partial charge on any atom is -0.362 e. The summed E-state index contributed by atoms with van der Waals surface area (Å²) in [5.41, 5.74) is 1.63. The Morgan fingerprint density at radius 1 is 1.39 bits per heavy atom. The second-order valence-corrected chi connectivity index (χ2v) is 5.77. The lowest BCUT2D eigenvalue weighted by molar-refractivity contribution is 0.0436. The van der Waals surface area contributed by atoms with Gasteiger partial charge in [0.15, 0.2) is 0 Å². The average Bonchev–Trinajstić information content (AvgIpc) is 2.36. The monoisotopic (exact) mass is 244 g/mol. The molecule has 1 N–H and O–H groups in total. The second kappa shape index (κ2) is 4.01. The molecule has 1 aliphatic heterocycles. The van der Waals surface area contributed by atoms with Crippen LogP contribution in [-0.2, 0) is 0 Å². The van der Waals surface area contributed by atoms with Crippen molar-refractivity contribution in [1.82, 2.24) is 4.90 Å². The number of para-hydroxylation sites is 1. The highest BCUT2D eigenvalue weighted by Gasteiger charge is 2.44. The average molecular weight is 244 g/mol. The SMILES string of the molecule is CC1CCCC2(C1)Nc1ccccc1C(=O)N2C. The van der Waals surface area contributed by atoms with Gasteiger partial charge in [0.2, 0.25) is 0 Å². The predicted octanol–water partition coefficient (Wildman–Crippen LogP) is 3.09. The summed E-state index contributed by atoms with van der Waals surface area (Å²) in [6.07, 6.45) is 4.55. The van der Waals surface area contributed by atoms with E-state index in [0.29, 0.717) is 5.92 Å². The summed E-state index contributed by atoms with van der Waals surface area (Å²) >= 11 is 0. The molecular weight excluding hydrogens is 224 g/mol. The summed E-state index contributed by atoms with van der Waals surface area (Å²) in [4.78, 5) is 14.4. The molecule has 1 fully saturated rings. The first-order valence-corrected chi connectivity index (χ1v) is 6.78. The quantitative estimate of drug-likeness (QED) is 0.760. The number of anilines is 1.